The highest BCUT2D eigenvalue weighted by atomic mass is 15.1. The molecule has 0 aromatic heterocycles. The van der Waals surface area contributed by atoms with Crippen molar-refractivity contribution in [3.63, 3.8) is 0 Å². The first-order valence-electron chi connectivity index (χ1n) is 5.80. The molecule has 0 saturated carbocycles. The lowest BCUT2D eigenvalue weighted by atomic mass is 9.91. The molecule has 0 aliphatic heterocycles. The van der Waals surface area contributed by atoms with Gasteiger partial charge in [-0.2, -0.15) is 5.26 Å². The van der Waals surface area contributed by atoms with Crippen molar-refractivity contribution in [3.8, 4) is 6.07 Å². The van der Waals surface area contributed by atoms with E-state index in [1.807, 2.05) is 32.0 Å². The van der Waals surface area contributed by atoms with Gasteiger partial charge in [0.05, 0.1) is 11.5 Å². The molecule has 0 N–H and O–H groups in total. The van der Waals surface area contributed by atoms with E-state index in [0.717, 1.165) is 19.5 Å². The van der Waals surface area contributed by atoms with E-state index in [1.54, 1.807) is 0 Å². The topological polar surface area (TPSA) is 27.0 Å². The van der Waals surface area contributed by atoms with Crippen LogP contribution in [0.25, 0.3) is 0 Å². The zero-order chi connectivity index (χ0) is 12.0. The van der Waals surface area contributed by atoms with Gasteiger partial charge in [0, 0.05) is 18.8 Å². The maximum absolute atomic E-state index is 8.98. The maximum Gasteiger partial charge on any atom is 0.0684 e. The van der Waals surface area contributed by atoms with Crippen molar-refractivity contribution in [2.75, 3.05) is 18.0 Å². The molecule has 1 rings (SSSR count). The van der Waals surface area contributed by atoms with Crippen LogP contribution in [0, 0.1) is 16.7 Å². The van der Waals surface area contributed by atoms with Gasteiger partial charge in [-0.3, -0.25) is 0 Å². The van der Waals surface area contributed by atoms with Gasteiger partial charge >= 0.3 is 0 Å². The normalized spacial score (nSPS) is 10.9. The van der Waals surface area contributed by atoms with E-state index in [1.165, 1.54) is 5.69 Å². The minimum absolute atomic E-state index is 0.234. The number of nitriles is 1. The molecule has 2 heteroatoms. The molecular weight excluding hydrogens is 196 g/mol. The molecule has 0 atom stereocenters. The average Bonchev–Trinajstić information content (AvgIpc) is 2.31. The summed E-state index contributed by atoms with van der Waals surface area (Å²) in [6.07, 6.45) is 0.895. The van der Waals surface area contributed by atoms with E-state index >= 15 is 0 Å². The summed E-state index contributed by atoms with van der Waals surface area (Å²) in [5.41, 5.74) is 1.00. The minimum Gasteiger partial charge on any atom is -0.372 e. The Morgan fingerprint density at radius 1 is 1.25 bits per heavy atom. The monoisotopic (exact) mass is 216 g/mol. The molecule has 0 amide bonds. The van der Waals surface area contributed by atoms with Crippen molar-refractivity contribution < 1.29 is 0 Å². The van der Waals surface area contributed by atoms with E-state index in [0.29, 0.717) is 0 Å². The van der Waals surface area contributed by atoms with E-state index in [2.05, 4.69) is 30.0 Å². The standard InChI is InChI=1S/C14H20N2/c1-4-16(11-10-14(2,3)12-15)13-8-6-5-7-9-13/h5-9H,4,10-11H2,1-3H3. The van der Waals surface area contributed by atoms with Gasteiger partial charge in [0.25, 0.3) is 0 Å². The number of para-hydroxylation sites is 1. The SMILES string of the molecule is CCN(CCC(C)(C)C#N)c1ccccc1. The maximum atomic E-state index is 8.98. The van der Waals surface area contributed by atoms with E-state index in [4.69, 9.17) is 5.26 Å². The molecule has 0 radical (unpaired) electrons. The molecule has 0 aliphatic rings. The second-order valence-corrected chi connectivity index (χ2v) is 4.66. The summed E-state index contributed by atoms with van der Waals surface area (Å²) in [7, 11) is 0. The van der Waals surface area contributed by atoms with Crippen LogP contribution < -0.4 is 4.90 Å². The van der Waals surface area contributed by atoms with E-state index in [-0.39, 0.29) is 5.41 Å². The Labute approximate surface area is 98.5 Å². The summed E-state index contributed by atoms with van der Waals surface area (Å²) in [4.78, 5) is 2.30. The van der Waals surface area contributed by atoms with E-state index < -0.39 is 0 Å². The van der Waals surface area contributed by atoms with Crippen molar-refractivity contribution in [1.82, 2.24) is 0 Å². The smallest absolute Gasteiger partial charge is 0.0684 e. The lowest BCUT2D eigenvalue weighted by molar-refractivity contribution is 0.451. The van der Waals surface area contributed by atoms with Gasteiger partial charge < -0.3 is 4.90 Å². The van der Waals surface area contributed by atoms with Crippen LogP contribution in [0.15, 0.2) is 30.3 Å². The Kier molecular flexibility index (Phi) is 4.37. The predicted molar refractivity (Wildman–Crippen MR) is 68.3 cm³/mol. The largest absolute Gasteiger partial charge is 0.372 e. The molecule has 0 bridgehead atoms. The number of nitrogens with zero attached hydrogens (tertiary/aromatic N) is 2. The third-order valence-electron chi connectivity index (χ3n) is 2.81. The molecule has 0 fully saturated rings. The van der Waals surface area contributed by atoms with Crippen LogP contribution in [-0.2, 0) is 0 Å². The number of anilines is 1. The molecule has 1 aromatic carbocycles. The molecule has 2 nitrogen and oxygen atoms in total. The van der Waals surface area contributed by atoms with Crippen molar-refractivity contribution in [2.45, 2.75) is 27.2 Å². The first-order valence-corrected chi connectivity index (χ1v) is 5.80. The van der Waals surface area contributed by atoms with Gasteiger partial charge in [0.2, 0.25) is 0 Å². The summed E-state index contributed by atoms with van der Waals surface area (Å²) in [6, 6.07) is 12.7. The van der Waals surface area contributed by atoms with Gasteiger partial charge in [0.1, 0.15) is 0 Å². The molecule has 0 spiro atoms. The zero-order valence-electron chi connectivity index (χ0n) is 10.4. The summed E-state index contributed by atoms with van der Waals surface area (Å²) < 4.78 is 0. The first kappa shape index (κ1) is 12.6. The van der Waals surface area contributed by atoms with Crippen LogP contribution in [0.4, 0.5) is 5.69 Å². The third-order valence-corrected chi connectivity index (χ3v) is 2.81. The summed E-state index contributed by atoms with van der Waals surface area (Å²) in [5.74, 6) is 0. The van der Waals surface area contributed by atoms with Crippen LogP contribution >= 0.6 is 0 Å². The Bertz CT molecular complexity index is 349. The average molecular weight is 216 g/mol. The molecule has 0 heterocycles. The molecule has 0 aliphatic carbocycles. The highest BCUT2D eigenvalue weighted by Gasteiger charge is 2.17. The number of hydrogen-bond acceptors (Lipinski definition) is 2. The van der Waals surface area contributed by atoms with Gasteiger partial charge in [-0.05, 0) is 39.3 Å². The van der Waals surface area contributed by atoms with Gasteiger partial charge in [0.15, 0.2) is 0 Å². The summed E-state index contributed by atoms with van der Waals surface area (Å²) in [6.45, 7) is 8.04. The lowest BCUT2D eigenvalue weighted by Crippen LogP contribution is -2.27. The fourth-order valence-corrected chi connectivity index (χ4v) is 1.58. The minimum atomic E-state index is -0.234. The van der Waals surface area contributed by atoms with Crippen molar-refractivity contribution in [3.05, 3.63) is 30.3 Å². The second-order valence-electron chi connectivity index (χ2n) is 4.66. The van der Waals surface area contributed by atoms with Gasteiger partial charge in [-0.1, -0.05) is 18.2 Å². The van der Waals surface area contributed by atoms with Crippen LogP contribution in [0.5, 0.6) is 0 Å². The fraction of sp³-hybridized carbons (Fsp3) is 0.500. The number of hydrogen-bond donors (Lipinski definition) is 0. The van der Waals surface area contributed by atoms with Crippen molar-refractivity contribution in [1.29, 1.82) is 5.26 Å². The summed E-state index contributed by atoms with van der Waals surface area (Å²) in [5, 5.41) is 8.98. The van der Waals surface area contributed by atoms with Gasteiger partial charge in [-0.15, -0.1) is 0 Å². The third kappa shape index (κ3) is 3.58. The van der Waals surface area contributed by atoms with Crippen molar-refractivity contribution >= 4 is 5.69 Å². The van der Waals surface area contributed by atoms with Gasteiger partial charge in [-0.25, -0.2) is 0 Å². The zero-order valence-corrected chi connectivity index (χ0v) is 10.4. The molecule has 1 aromatic rings. The fourth-order valence-electron chi connectivity index (χ4n) is 1.58. The Balaban J connectivity index is 2.61. The van der Waals surface area contributed by atoms with E-state index in [9.17, 15) is 0 Å². The summed E-state index contributed by atoms with van der Waals surface area (Å²) >= 11 is 0. The van der Waals surface area contributed by atoms with Crippen LogP contribution in [-0.4, -0.2) is 13.1 Å². The van der Waals surface area contributed by atoms with Crippen molar-refractivity contribution in [2.24, 2.45) is 5.41 Å². The lowest BCUT2D eigenvalue weighted by Gasteiger charge is -2.26. The Hall–Kier alpha value is -1.49. The molecule has 0 unspecified atom stereocenters. The first-order chi connectivity index (χ1) is 7.59. The molecule has 16 heavy (non-hydrogen) atoms. The Morgan fingerprint density at radius 3 is 2.38 bits per heavy atom. The highest BCUT2D eigenvalue weighted by molar-refractivity contribution is 5.45. The number of rotatable bonds is 5. The second kappa shape index (κ2) is 5.55. The molecule has 0 saturated heterocycles. The Morgan fingerprint density at radius 2 is 1.88 bits per heavy atom. The molecule has 86 valence electrons. The number of benzene rings is 1. The predicted octanol–water partition coefficient (Wildman–Crippen LogP) is 3.45. The van der Waals surface area contributed by atoms with Crippen LogP contribution in [0.2, 0.25) is 0 Å². The van der Waals surface area contributed by atoms with Crippen LogP contribution in [0.3, 0.4) is 0 Å². The quantitative estimate of drug-likeness (QED) is 0.753. The highest BCUT2D eigenvalue weighted by Crippen LogP contribution is 2.21. The molecular formula is C14H20N2. The van der Waals surface area contributed by atoms with Crippen LogP contribution in [0.1, 0.15) is 27.2 Å².